The number of hydrogen-bond acceptors (Lipinski definition) is 3. The van der Waals surface area contributed by atoms with Crippen LogP contribution in [0.1, 0.15) is 60.7 Å². The minimum atomic E-state index is -0.369. The largest absolute Gasteiger partial charge is 0.359 e. The van der Waals surface area contributed by atoms with Gasteiger partial charge < -0.3 is 10.2 Å². The fourth-order valence-corrected chi connectivity index (χ4v) is 4.48. The van der Waals surface area contributed by atoms with Crippen molar-refractivity contribution in [2.75, 3.05) is 18.4 Å². The SMILES string of the molecule is C=C(Nc1ccccc1C)C1CCN(C(=O)c2ccc(C(=N)c3cccc(F)c3)c(C)c2)CC1.CC.[HH]. The Morgan fingerprint density at radius 3 is 2.31 bits per heavy atom. The summed E-state index contributed by atoms with van der Waals surface area (Å²) in [7, 11) is 0. The van der Waals surface area contributed by atoms with Gasteiger partial charge in [-0.05, 0) is 68.1 Å². The van der Waals surface area contributed by atoms with Crippen LogP contribution in [0.5, 0.6) is 0 Å². The van der Waals surface area contributed by atoms with E-state index in [9.17, 15) is 9.18 Å². The molecule has 190 valence electrons. The van der Waals surface area contributed by atoms with E-state index < -0.39 is 0 Å². The van der Waals surface area contributed by atoms with Gasteiger partial charge in [0.25, 0.3) is 5.91 Å². The summed E-state index contributed by atoms with van der Waals surface area (Å²) in [6.07, 6.45) is 1.73. The van der Waals surface area contributed by atoms with Gasteiger partial charge in [-0.1, -0.05) is 56.8 Å². The predicted molar refractivity (Wildman–Crippen MR) is 150 cm³/mol. The van der Waals surface area contributed by atoms with E-state index in [0.29, 0.717) is 35.7 Å². The Kier molecular flexibility index (Phi) is 9.18. The molecule has 0 spiro atoms. The number of allylic oxidation sites excluding steroid dienone is 1. The van der Waals surface area contributed by atoms with E-state index in [1.165, 1.54) is 17.7 Å². The van der Waals surface area contributed by atoms with Crippen molar-refractivity contribution < 1.29 is 10.6 Å². The second-order valence-electron chi connectivity index (χ2n) is 8.95. The van der Waals surface area contributed by atoms with Crippen LogP contribution in [0, 0.1) is 31.0 Å². The molecule has 1 heterocycles. The molecule has 0 atom stereocenters. The van der Waals surface area contributed by atoms with Gasteiger partial charge in [0.15, 0.2) is 0 Å². The number of nitrogens with zero attached hydrogens (tertiary/aromatic N) is 1. The van der Waals surface area contributed by atoms with Gasteiger partial charge >= 0.3 is 0 Å². The molecule has 4 nitrogen and oxygen atoms in total. The van der Waals surface area contributed by atoms with E-state index in [1.807, 2.05) is 43.9 Å². The minimum absolute atomic E-state index is 0. The van der Waals surface area contributed by atoms with Crippen LogP contribution in [0.2, 0.25) is 0 Å². The standard InChI is InChI=1S/C29H30FN3O.C2H6.H2/c1-19-7-4-5-10-27(19)32-21(3)22-13-15-33(16-14-22)29(34)24-11-12-26(20(2)17-24)28(31)23-8-6-9-25(30)18-23;1-2;/h4-12,17-18,22,31-32H,3,13-16H2,1-2H3;1-2H3;1H. The molecule has 3 aromatic carbocycles. The molecule has 1 saturated heterocycles. The Morgan fingerprint density at radius 2 is 1.67 bits per heavy atom. The molecule has 1 aliphatic rings. The van der Waals surface area contributed by atoms with Crippen molar-refractivity contribution in [2.45, 2.75) is 40.5 Å². The lowest BCUT2D eigenvalue weighted by molar-refractivity contribution is 0.0702. The number of piperidine rings is 1. The second kappa shape index (κ2) is 12.3. The maximum atomic E-state index is 13.6. The van der Waals surface area contributed by atoms with E-state index in [-0.39, 0.29) is 18.9 Å². The van der Waals surface area contributed by atoms with Crippen molar-refractivity contribution in [3.63, 3.8) is 0 Å². The number of likely N-dealkylation sites (tertiary alicyclic amines) is 1. The van der Waals surface area contributed by atoms with Crippen molar-refractivity contribution in [1.29, 1.82) is 5.41 Å². The molecular weight excluding hydrogens is 449 g/mol. The Hall–Kier alpha value is -3.73. The first-order chi connectivity index (χ1) is 17.3. The summed E-state index contributed by atoms with van der Waals surface area (Å²) >= 11 is 0. The van der Waals surface area contributed by atoms with E-state index in [1.54, 1.807) is 24.3 Å². The van der Waals surface area contributed by atoms with Crippen LogP contribution in [0.25, 0.3) is 0 Å². The molecular formula is C31H38FN3O. The fraction of sp³-hybridized carbons (Fsp3) is 0.290. The summed E-state index contributed by atoms with van der Waals surface area (Å²) in [5.41, 5.74) is 6.15. The van der Waals surface area contributed by atoms with Crippen LogP contribution >= 0.6 is 0 Å². The van der Waals surface area contributed by atoms with Crippen molar-refractivity contribution in [3.05, 3.63) is 113 Å². The molecule has 0 saturated carbocycles. The normalized spacial score (nSPS) is 13.4. The number of anilines is 1. The highest BCUT2D eigenvalue weighted by Crippen LogP contribution is 2.27. The molecule has 0 radical (unpaired) electrons. The molecule has 4 rings (SSSR count). The molecule has 0 aromatic heterocycles. The summed E-state index contributed by atoms with van der Waals surface area (Å²) in [6, 6.07) is 19.6. The highest BCUT2D eigenvalue weighted by atomic mass is 19.1. The van der Waals surface area contributed by atoms with Gasteiger partial charge in [0.2, 0.25) is 0 Å². The molecule has 0 bridgehead atoms. The number of amides is 1. The molecule has 0 aliphatic carbocycles. The highest BCUT2D eigenvalue weighted by Gasteiger charge is 2.26. The molecule has 1 amide bonds. The molecule has 1 aliphatic heterocycles. The van der Waals surface area contributed by atoms with Crippen molar-refractivity contribution >= 4 is 17.3 Å². The number of nitrogens with one attached hydrogen (secondary N) is 2. The molecule has 36 heavy (non-hydrogen) atoms. The van der Waals surface area contributed by atoms with Crippen molar-refractivity contribution in [1.82, 2.24) is 4.90 Å². The van der Waals surface area contributed by atoms with Gasteiger partial charge in [-0.3, -0.25) is 10.2 Å². The van der Waals surface area contributed by atoms with Gasteiger partial charge in [0.1, 0.15) is 5.82 Å². The number of carbonyl (C=O) groups is 1. The van der Waals surface area contributed by atoms with Crippen LogP contribution in [0.4, 0.5) is 10.1 Å². The first-order valence-electron chi connectivity index (χ1n) is 12.6. The predicted octanol–water partition coefficient (Wildman–Crippen LogP) is 7.61. The number of rotatable bonds is 6. The highest BCUT2D eigenvalue weighted by molar-refractivity contribution is 6.12. The van der Waals surface area contributed by atoms with Gasteiger partial charge in [0, 0.05) is 48.5 Å². The zero-order chi connectivity index (χ0) is 26.2. The topological polar surface area (TPSA) is 56.2 Å². The zero-order valence-corrected chi connectivity index (χ0v) is 21.7. The number of hydrogen-bond donors (Lipinski definition) is 2. The fourth-order valence-electron chi connectivity index (χ4n) is 4.48. The lowest BCUT2D eigenvalue weighted by atomic mass is 9.92. The van der Waals surface area contributed by atoms with Crippen molar-refractivity contribution in [3.8, 4) is 0 Å². The number of para-hydroxylation sites is 1. The third-order valence-corrected chi connectivity index (χ3v) is 6.57. The van der Waals surface area contributed by atoms with Crippen LogP contribution in [-0.4, -0.2) is 29.6 Å². The maximum Gasteiger partial charge on any atom is 0.253 e. The summed E-state index contributed by atoms with van der Waals surface area (Å²) in [5, 5.41) is 11.9. The van der Waals surface area contributed by atoms with Crippen LogP contribution in [0.15, 0.2) is 79.0 Å². The Labute approximate surface area is 215 Å². The minimum Gasteiger partial charge on any atom is -0.359 e. The summed E-state index contributed by atoms with van der Waals surface area (Å²) in [4.78, 5) is 15.0. The number of halogens is 1. The van der Waals surface area contributed by atoms with E-state index in [0.717, 1.165) is 29.8 Å². The second-order valence-corrected chi connectivity index (χ2v) is 8.95. The Bertz CT molecular complexity index is 1250. The first kappa shape index (κ1) is 26.9. The summed E-state index contributed by atoms with van der Waals surface area (Å²) in [6.45, 7) is 13.6. The van der Waals surface area contributed by atoms with Gasteiger partial charge in [-0.15, -0.1) is 0 Å². The lowest BCUT2D eigenvalue weighted by Crippen LogP contribution is -2.39. The Morgan fingerprint density at radius 1 is 0.972 bits per heavy atom. The Balaban J connectivity index is 0.00000157. The number of benzene rings is 3. The van der Waals surface area contributed by atoms with Gasteiger partial charge in [0.05, 0.1) is 5.71 Å². The van der Waals surface area contributed by atoms with E-state index in [4.69, 9.17) is 5.41 Å². The molecule has 1 fully saturated rings. The quantitative estimate of drug-likeness (QED) is 0.352. The van der Waals surface area contributed by atoms with Crippen LogP contribution in [-0.2, 0) is 0 Å². The van der Waals surface area contributed by atoms with E-state index in [2.05, 4.69) is 31.0 Å². The monoisotopic (exact) mass is 487 g/mol. The molecule has 3 aromatic rings. The first-order valence-corrected chi connectivity index (χ1v) is 12.6. The maximum absolute atomic E-state index is 13.6. The molecule has 5 heteroatoms. The molecule has 0 unspecified atom stereocenters. The third kappa shape index (κ3) is 6.28. The number of carbonyl (C=O) groups excluding carboxylic acids is 1. The van der Waals surface area contributed by atoms with E-state index >= 15 is 0 Å². The smallest absolute Gasteiger partial charge is 0.253 e. The average Bonchev–Trinajstić information content (AvgIpc) is 2.90. The zero-order valence-electron chi connectivity index (χ0n) is 21.7. The van der Waals surface area contributed by atoms with Crippen LogP contribution in [0.3, 0.4) is 0 Å². The summed E-state index contributed by atoms with van der Waals surface area (Å²) in [5.74, 6) is -0.0470. The lowest BCUT2D eigenvalue weighted by Gasteiger charge is -2.33. The third-order valence-electron chi connectivity index (χ3n) is 6.57. The summed E-state index contributed by atoms with van der Waals surface area (Å²) < 4.78 is 13.6. The number of aryl methyl sites for hydroxylation is 2. The average molecular weight is 488 g/mol. The van der Waals surface area contributed by atoms with Gasteiger partial charge in [-0.25, -0.2) is 4.39 Å². The molecule has 2 N–H and O–H groups in total. The van der Waals surface area contributed by atoms with Crippen molar-refractivity contribution in [2.24, 2.45) is 5.92 Å². The van der Waals surface area contributed by atoms with Crippen LogP contribution < -0.4 is 5.32 Å². The van der Waals surface area contributed by atoms with Gasteiger partial charge in [-0.2, -0.15) is 0 Å².